The molecule has 1 N–H and O–H groups in total. The van der Waals surface area contributed by atoms with Gasteiger partial charge in [0.15, 0.2) is 0 Å². The summed E-state index contributed by atoms with van der Waals surface area (Å²) in [7, 11) is 0. The van der Waals surface area contributed by atoms with E-state index in [9.17, 15) is 4.79 Å². The lowest BCUT2D eigenvalue weighted by molar-refractivity contribution is -0.137. The average molecular weight is 322 g/mol. The molecule has 0 aromatic heterocycles. The maximum atomic E-state index is 10.1. The molecule has 84 valence electrons. The Balaban J connectivity index is 3.79. The van der Waals surface area contributed by atoms with Gasteiger partial charge in [-0.05, 0) is 46.1 Å². The second kappa shape index (κ2) is 8.52. The van der Waals surface area contributed by atoms with Crippen molar-refractivity contribution in [1.29, 1.82) is 0 Å². The smallest absolute Gasteiger partial charge is 0.306 e. The highest BCUT2D eigenvalue weighted by Crippen LogP contribution is 2.07. The van der Waals surface area contributed by atoms with E-state index in [1.165, 1.54) is 9.84 Å². The molecule has 0 spiro atoms. The third-order valence-electron chi connectivity index (χ3n) is 1.39. The molecule has 0 radical (unpaired) electrons. The molecule has 0 aliphatic heterocycles. The number of hydrogen-bond acceptors (Lipinski definition) is 2. The maximum absolute atomic E-state index is 10.1. The van der Waals surface area contributed by atoms with Crippen LogP contribution >= 0.6 is 22.6 Å². The normalized spacial score (nSPS) is 13.3. The van der Waals surface area contributed by atoms with E-state index < -0.39 is 5.97 Å². The summed E-state index contributed by atoms with van der Waals surface area (Å²) in [5.41, 5.74) is 1.12. The second-order valence-corrected chi connectivity index (χ2v) is 4.69. The Kier molecular flexibility index (Phi) is 8.08. The number of ether oxygens (including phenoxy) is 1. The van der Waals surface area contributed by atoms with E-state index in [4.69, 9.17) is 9.84 Å². The van der Waals surface area contributed by atoms with Crippen LogP contribution in [0.25, 0.3) is 0 Å². The van der Waals surface area contributed by atoms with Crippen molar-refractivity contribution in [3.63, 3.8) is 0 Å². The van der Waals surface area contributed by atoms with Crippen LogP contribution in [0.15, 0.2) is 33.6 Å². The van der Waals surface area contributed by atoms with E-state index in [0.29, 0.717) is 0 Å². The van der Waals surface area contributed by atoms with Gasteiger partial charge in [-0.2, -0.15) is 0 Å². The van der Waals surface area contributed by atoms with Gasteiger partial charge in [0.2, 0.25) is 0 Å². The lowest BCUT2D eigenvalue weighted by Crippen LogP contribution is -1.99. The minimum absolute atomic E-state index is 0.0276. The molecule has 4 heteroatoms. The number of allylic oxidation sites excluding steroid dienone is 5. The van der Waals surface area contributed by atoms with Crippen molar-refractivity contribution in [2.75, 3.05) is 6.61 Å². The molecule has 0 amide bonds. The molecule has 0 aromatic rings. The molecular formula is C11H15IO3. The van der Waals surface area contributed by atoms with Crippen molar-refractivity contribution in [3.8, 4) is 0 Å². The first-order valence-corrected chi connectivity index (χ1v) is 5.61. The van der Waals surface area contributed by atoms with Gasteiger partial charge in [0.1, 0.15) is 0 Å². The van der Waals surface area contributed by atoms with Gasteiger partial charge in [-0.15, -0.1) is 0 Å². The molecule has 0 aliphatic rings. The minimum atomic E-state index is -0.849. The Hall–Kier alpha value is -0.780. The fourth-order valence-electron chi connectivity index (χ4n) is 0.823. The van der Waals surface area contributed by atoms with Gasteiger partial charge >= 0.3 is 5.97 Å². The van der Waals surface area contributed by atoms with Crippen LogP contribution in [0.5, 0.6) is 0 Å². The molecule has 0 bridgehead atoms. The number of aliphatic carboxylic acids is 1. The predicted molar refractivity (Wildman–Crippen MR) is 68.9 cm³/mol. The Labute approximate surface area is 104 Å². The van der Waals surface area contributed by atoms with Crippen molar-refractivity contribution in [1.82, 2.24) is 0 Å². The lowest BCUT2D eigenvalue weighted by Gasteiger charge is -1.95. The summed E-state index contributed by atoms with van der Waals surface area (Å²) in [6.45, 7) is 4.22. The van der Waals surface area contributed by atoms with Crippen molar-refractivity contribution in [3.05, 3.63) is 33.6 Å². The molecule has 0 atom stereocenters. The van der Waals surface area contributed by atoms with Crippen LogP contribution in [0.4, 0.5) is 0 Å². The van der Waals surface area contributed by atoms with Crippen LogP contribution in [0.1, 0.15) is 20.3 Å². The molecule has 3 nitrogen and oxygen atoms in total. The Morgan fingerprint density at radius 1 is 1.47 bits per heavy atom. The SMILES string of the molecule is C/C(I)=C/C(C)=C\C=C\OCCC(=O)O. The molecule has 15 heavy (non-hydrogen) atoms. The number of carboxylic acids is 1. The molecule has 0 aliphatic carbocycles. The zero-order valence-electron chi connectivity index (χ0n) is 8.87. The van der Waals surface area contributed by atoms with Gasteiger partial charge in [-0.1, -0.05) is 17.7 Å². The van der Waals surface area contributed by atoms with Gasteiger partial charge in [-0.3, -0.25) is 4.79 Å². The Morgan fingerprint density at radius 2 is 2.13 bits per heavy atom. The third-order valence-corrected chi connectivity index (χ3v) is 1.71. The average Bonchev–Trinajstić information content (AvgIpc) is 2.09. The summed E-state index contributed by atoms with van der Waals surface area (Å²) >= 11 is 2.24. The van der Waals surface area contributed by atoms with Gasteiger partial charge in [0.25, 0.3) is 0 Å². The standard InChI is InChI=1S/C11H15IO3/c1-9(8-10(2)12)4-3-6-15-7-5-11(13)14/h3-4,6,8H,5,7H2,1-2H3,(H,13,14)/b6-3+,9-4-,10-8-. The fourth-order valence-corrected chi connectivity index (χ4v) is 1.31. The fraction of sp³-hybridized carbons (Fsp3) is 0.364. The summed E-state index contributed by atoms with van der Waals surface area (Å²) in [5.74, 6) is -0.849. The highest BCUT2D eigenvalue weighted by Gasteiger charge is 1.93. The Morgan fingerprint density at radius 3 is 2.67 bits per heavy atom. The molecular weight excluding hydrogens is 307 g/mol. The van der Waals surface area contributed by atoms with E-state index in [1.54, 1.807) is 6.08 Å². The minimum Gasteiger partial charge on any atom is -0.501 e. The van der Waals surface area contributed by atoms with Crippen LogP contribution in [0.2, 0.25) is 0 Å². The summed E-state index contributed by atoms with van der Waals surface area (Å²) in [5, 5.41) is 8.33. The van der Waals surface area contributed by atoms with Crippen LogP contribution in [0.3, 0.4) is 0 Å². The zero-order chi connectivity index (χ0) is 11.7. The number of hydrogen-bond donors (Lipinski definition) is 1. The quantitative estimate of drug-likeness (QED) is 0.353. The van der Waals surface area contributed by atoms with Crippen LogP contribution in [-0.2, 0) is 9.53 Å². The molecule has 0 aromatic carbocycles. The lowest BCUT2D eigenvalue weighted by atomic mass is 10.2. The highest BCUT2D eigenvalue weighted by molar-refractivity contribution is 14.1. The summed E-state index contributed by atoms with van der Waals surface area (Å²) in [6.07, 6.45) is 7.24. The van der Waals surface area contributed by atoms with Crippen molar-refractivity contribution < 1.29 is 14.6 Å². The highest BCUT2D eigenvalue weighted by atomic mass is 127. The predicted octanol–water partition coefficient (Wildman–Crippen LogP) is 3.28. The van der Waals surface area contributed by atoms with Crippen molar-refractivity contribution >= 4 is 28.6 Å². The van der Waals surface area contributed by atoms with Gasteiger partial charge in [0, 0.05) is 0 Å². The summed E-state index contributed by atoms with van der Waals surface area (Å²) in [4.78, 5) is 10.1. The van der Waals surface area contributed by atoms with E-state index >= 15 is 0 Å². The summed E-state index contributed by atoms with van der Waals surface area (Å²) in [6, 6.07) is 0. The van der Waals surface area contributed by atoms with Gasteiger partial charge < -0.3 is 9.84 Å². The van der Waals surface area contributed by atoms with E-state index in [0.717, 1.165) is 5.57 Å². The first kappa shape index (κ1) is 14.2. The number of rotatable bonds is 6. The molecule has 0 saturated heterocycles. The van der Waals surface area contributed by atoms with Crippen LogP contribution < -0.4 is 0 Å². The van der Waals surface area contributed by atoms with Gasteiger partial charge in [0.05, 0.1) is 19.3 Å². The van der Waals surface area contributed by atoms with Crippen molar-refractivity contribution in [2.24, 2.45) is 0 Å². The second-order valence-electron chi connectivity index (χ2n) is 2.98. The number of carbonyl (C=O) groups is 1. The zero-order valence-corrected chi connectivity index (χ0v) is 11.0. The van der Waals surface area contributed by atoms with Crippen LogP contribution in [0, 0.1) is 0 Å². The first-order valence-electron chi connectivity index (χ1n) is 4.53. The third kappa shape index (κ3) is 11.1. The molecule has 0 saturated carbocycles. The van der Waals surface area contributed by atoms with E-state index in [2.05, 4.69) is 22.6 Å². The summed E-state index contributed by atoms with van der Waals surface area (Å²) < 4.78 is 6.18. The van der Waals surface area contributed by atoms with Crippen LogP contribution in [-0.4, -0.2) is 17.7 Å². The van der Waals surface area contributed by atoms with E-state index in [-0.39, 0.29) is 13.0 Å². The molecule has 0 rings (SSSR count). The number of carboxylic acid groups (broad SMARTS) is 1. The van der Waals surface area contributed by atoms with Gasteiger partial charge in [-0.25, -0.2) is 0 Å². The van der Waals surface area contributed by atoms with E-state index in [1.807, 2.05) is 26.0 Å². The Bertz CT molecular complexity index is 286. The monoisotopic (exact) mass is 322 g/mol. The number of halogens is 1. The first-order chi connectivity index (χ1) is 7.02. The molecule has 0 unspecified atom stereocenters. The molecule has 0 heterocycles. The topological polar surface area (TPSA) is 46.5 Å². The van der Waals surface area contributed by atoms with Crippen molar-refractivity contribution in [2.45, 2.75) is 20.3 Å². The molecule has 0 fully saturated rings. The maximum Gasteiger partial charge on any atom is 0.306 e. The largest absolute Gasteiger partial charge is 0.501 e.